The van der Waals surface area contributed by atoms with Crippen molar-refractivity contribution in [3.05, 3.63) is 11.9 Å². The van der Waals surface area contributed by atoms with E-state index in [2.05, 4.69) is 33.0 Å². The van der Waals surface area contributed by atoms with E-state index < -0.39 is 4.93 Å². The van der Waals surface area contributed by atoms with Gasteiger partial charge in [0.15, 0.2) is 0 Å². The van der Waals surface area contributed by atoms with E-state index >= 15 is 0 Å². The van der Waals surface area contributed by atoms with Gasteiger partial charge in [-0.1, -0.05) is 85.5 Å². The van der Waals surface area contributed by atoms with Crippen LogP contribution in [0.4, 0.5) is 0 Å². The second kappa shape index (κ2) is 15.5. The number of hydrogen-bond donors (Lipinski definition) is 3. The molecule has 4 N–H and O–H groups in total. The Hall–Kier alpha value is -0.350. The lowest BCUT2D eigenvalue weighted by Crippen LogP contribution is -2.47. The van der Waals surface area contributed by atoms with Gasteiger partial charge in [0.25, 0.3) is 0 Å². The Kier molecular flexibility index (Phi) is 14.2. The van der Waals surface area contributed by atoms with Crippen LogP contribution < -0.4 is 11.1 Å². The van der Waals surface area contributed by atoms with Gasteiger partial charge in [0.1, 0.15) is 4.93 Å². The topological polar surface area (TPSA) is 58.3 Å². The first-order valence-electron chi connectivity index (χ1n) is 12.5. The Balaban J connectivity index is 2.27. The summed E-state index contributed by atoms with van der Waals surface area (Å²) in [6.07, 6.45) is 18.4. The fraction of sp³-hybridized carbons (Fsp3) is 0.920. The van der Waals surface area contributed by atoms with Gasteiger partial charge in [0.05, 0.1) is 0 Å². The minimum atomic E-state index is -0.557. The highest BCUT2D eigenvalue weighted by molar-refractivity contribution is 8.00. The summed E-state index contributed by atoms with van der Waals surface area (Å²) in [5.74, 6) is 2.49. The zero-order valence-corrected chi connectivity index (χ0v) is 20.7. The van der Waals surface area contributed by atoms with Crippen LogP contribution in [0.2, 0.25) is 0 Å². The Morgan fingerprint density at radius 3 is 2.28 bits per heavy atom. The molecule has 1 aliphatic rings. The van der Waals surface area contributed by atoms with Crippen LogP contribution in [0.15, 0.2) is 11.9 Å². The molecule has 0 aromatic carbocycles. The van der Waals surface area contributed by atoms with Gasteiger partial charge in [-0.05, 0) is 49.2 Å². The van der Waals surface area contributed by atoms with Crippen LogP contribution >= 0.6 is 11.8 Å². The van der Waals surface area contributed by atoms with E-state index in [0.717, 1.165) is 37.3 Å². The first-order valence-corrected chi connectivity index (χ1v) is 13.5. The van der Waals surface area contributed by atoms with Gasteiger partial charge in [-0.25, -0.2) is 0 Å². The summed E-state index contributed by atoms with van der Waals surface area (Å²) in [5.41, 5.74) is 7.21. The molecule has 4 atom stereocenters. The highest BCUT2D eigenvalue weighted by Gasteiger charge is 2.45. The third-order valence-corrected chi connectivity index (χ3v) is 8.33. The number of thioether (sulfide) groups is 1. The standard InChI is InChI=1S/C25H50N2OS/c1-5-8-9-10-11-12-13-14-15-16-23(26)19-27-20-24-21(4)25(28,29-7-3)18-17-22(24)6-2/h19,21-22,24,27-28H,5-18,20,26H2,1-4H3/b23-19-. The molecule has 3 nitrogen and oxygen atoms in total. The van der Waals surface area contributed by atoms with E-state index in [1.54, 1.807) is 11.8 Å². The van der Waals surface area contributed by atoms with Gasteiger partial charge >= 0.3 is 0 Å². The summed E-state index contributed by atoms with van der Waals surface area (Å²) in [7, 11) is 0. The molecule has 0 aromatic rings. The van der Waals surface area contributed by atoms with Crippen molar-refractivity contribution in [2.75, 3.05) is 12.3 Å². The summed E-state index contributed by atoms with van der Waals surface area (Å²) in [6, 6.07) is 0. The molecule has 172 valence electrons. The second-order valence-electron chi connectivity index (χ2n) is 9.14. The Morgan fingerprint density at radius 1 is 1.07 bits per heavy atom. The Labute approximate surface area is 186 Å². The third kappa shape index (κ3) is 10.0. The summed E-state index contributed by atoms with van der Waals surface area (Å²) in [6.45, 7) is 9.87. The first-order chi connectivity index (χ1) is 14.0. The molecule has 0 bridgehead atoms. The normalized spacial score (nSPS) is 27.9. The highest BCUT2D eigenvalue weighted by atomic mass is 32.2. The van der Waals surface area contributed by atoms with Crippen molar-refractivity contribution in [2.45, 2.75) is 116 Å². The van der Waals surface area contributed by atoms with Crippen LogP contribution in [0.25, 0.3) is 0 Å². The molecule has 29 heavy (non-hydrogen) atoms. The number of allylic oxidation sites excluding steroid dienone is 1. The molecule has 0 heterocycles. The van der Waals surface area contributed by atoms with Crippen molar-refractivity contribution < 1.29 is 5.11 Å². The van der Waals surface area contributed by atoms with Crippen LogP contribution in [0, 0.1) is 17.8 Å². The Bertz CT molecular complexity index is 443. The average molecular weight is 427 g/mol. The van der Waals surface area contributed by atoms with Crippen molar-refractivity contribution in [3.8, 4) is 0 Å². The van der Waals surface area contributed by atoms with E-state index in [1.807, 2.05) is 6.20 Å². The van der Waals surface area contributed by atoms with Gasteiger partial charge in [0, 0.05) is 18.4 Å². The number of unbranched alkanes of at least 4 members (excludes halogenated alkanes) is 8. The SMILES string of the molecule is CCCCCCCCCCC/C(N)=C/NCC1C(CC)CCC(O)(SCC)C1C. The number of aliphatic hydroxyl groups is 1. The van der Waals surface area contributed by atoms with E-state index in [-0.39, 0.29) is 0 Å². The fourth-order valence-corrected chi connectivity index (χ4v) is 6.12. The predicted octanol–water partition coefficient (Wildman–Crippen LogP) is 6.81. The van der Waals surface area contributed by atoms with Gasteiger partial charge < -0.3 is 16.2 Å². The molecule has 0 amide bonds. The Morgan fingerprint density at radius 2 is 1.69 bits per heavy atom. The molecule has 1 rings (SSSR count). The van der Waals surface area contributed by atoms with Crippen molar-refractivity contribution in [1.82, 2.24) is 5.32 Å². The molecule has 0 radical (unpaired) electrons. The van der Waals surface area contributed by atoms with Crippen molar-refractivity contribution >= 4 is 11.8 Å². The lowest BCUT2D eigenvalue weighted by Gasteiger charge is -2.46. The van der Waals surface area contributed by atoms with E-state index in [4.69, 9.17) is 5.73 Å². The number of hydrogen-bond acceptors (Lipinski definition) is 4. The maximum absolute atomic E-state index is 11.1. The van der Waals surface area contributed by atoms with Crippen molar-refractivity contribution in [2.24, 2.45) is 23.5 Å². The van der Waals surface area contributed by atoms with Crippen molar-refractivity contribution in [1.29, 1.82) is 0 Å². The van der Waals surface area contributed by atoms with Gasteiger partial charge in [-0.3, -0.25) is 0 Å². The maximum atomic E-state index is 11.1. The number of nitrogens with two attached hydrogens (primary N) is 1. The second-order valence-corrected chi connectivity index (χ2v) is 10.7. The van der Waals surface area contributed by atoms with Crippen LogP contribution in [0.1, 0.15) is 111 Å². The lowest BCUT2D eigenvalue weighted by molar-refractivity contribution is -0.0156. The van der Waals surface area contributed by atoms with Crippen LogP contribution in [-0.2, 0) is 0 Å². The summed E-state index contributed by atoms with van der Waals surface area (Å²) < 4.78 is 0. The monoisotopic (exact) mass is 426 g/mol. The zero-order valence-electron chi connectivity index (χ0n) is 19.8. The van der Waals surface area contributed by atoms with Crippen LogP contribution in [0.5, 0.6) is 0 Å². The van der Waals surface area contributed by atoms with Crippen LogP contribution in [-0.4, -0.2) is 22.3 Å². The largest absolute Gasteiger partial charge is 0.401 e. The van der Waals surface area contributed by atoms with E-state index in [1.165, 1.54) is 64.2 Å². The summed E-state index contributed by atoms with van der Waals surface area (Å²) in [4.78, 5) is -0.557. The summed E-state index contributed by atoms with van der Waals surface area (Å²) in [5, 5.41) is 14.6. The molecule has 4 unspecified atom stereocenters. The predicted molar refractivity (Wildman–Crippen MR) is 131 cm³/mol. The lowest BCUT2D eigenvalue weighted by atomic mass is 9.70. The van der Waals surface area contributed by atoms with Gasteiger partial charge in [0.2, 0.25) is 0 Å². The molecule has 4 heteroatoms. The fourth-order valence-electron chi connectivity index (χ4n) is 4.92. The van der Waals surface area contributed by atoms with E-state index in [9.17, 15) is 5.11 Å². The average Bonchev–Trinajstić information content (AvgIpc) is 2.70. The van der Waals surface area contributed by atoms with Crippen molar-refractivity contribution in [3.63, 3.8) is 0 Å². The zero-order chi connectivity index (χ0) is 21.5. The minimum Gasteiger partial charge on any atom is -0.401 e. The number of rotatable bonds is 16. The van der Waals surface area contributed by atoms with Gasteiger partial charge in [-0.15, -0.1) is 11.8 Å². The highest BCUT2D eigenvalue weighted by Crippen LogP contribution is 2.47. The first kappa shape index (κ1) is 26.7. The molecule has 0 aliphatic heterocycles. The molecular formula is C25H50N2OS. The summed E-state index contributed by atoms with van der Waals surface area (Å²) >= 11 is 1.73. The molecule has 1 saturated carbocycles. The molecule has 0 aromatic heterocycles. The molecular weight excluding hydrogens is 376 g/mol. The maximum Gasteiger partial charge on any atom is 0.113 e. The molecule has 1 aliphatic carbocycles. The number of nitrogens with one attached hydrogen (secondary N) is 1. The third-order valence-electron chi connectivity index (χ3n) is 6.96. The molecule has 0 spiro atoms. The molecule has 0 saturated heterocycles. The van der Waals surface area contributed by atoms with Crippen LogP contribution in [0.3, 0.4) is 0 Å². The smallest absolute Gasteiger partial charge is 0.113 e. The van der Waals surface area contributed by atoms with E-state index in [0.29, 0.717) is 17.8 Å². The quantitative estimate of drug-likeness (QED) is 0.187. The molecule has 1 fully saturated rings. The van der Waals surface area contributed by atoms with Gasteiger partial charge in [-0.2, -0.15) is 0 Å². The minimum absolute atomic E-state index is 0.311.